The standard InChI is InChI=1S/C22H30N2O4S/c1-15(2)28-22(25)24-17-9-10-18(19(13-17)27-12-11-26-3)20-14-23-21(29-20)16-7-5-4-6-8-16/h9-10,13-16H,4-8,11-12H2,1-3H3,(H,24,25). The van der Waals surface area contributed by atoms with Gasteiger partial charge in [0, 0.05) is 36.5 Å². The topological polar surface area (TPSA) is 69.7 Å². The highest BCUT2D eigenvalue weighted by Gasteiger charge is 2.20. The molecule has 1 amide bonds. The van der Waals surface area contributed by atoms with Gasteiger partial charge in [-0.15, -0.1) is 11.3 Å². The number of methoxy groups -OCH3 is 1. The van der Waals surface area contributed by atoms with Crippen LogP contribution in [0.2, 0.25) is 0 Å². The van der Waals surface area contributed by atoms with Crippen molar-refractivity contribution in [3.63, 3.8) is 0 Å². The van der Waals surface area contributed by atoms with Crippen LogP contribution in [0.1, 0.15) is 56.9 Å². The Hall–Kier alpha value is -2.12. The molecule has 3 rings (SSSR count). The summed E-state index contributed by atoms with van der Waals surface area (Å²) >= 11 is 1.74. The molecule has 0 unspecified atom stereocenters. The van der Waals surface area contributed by atoms with Crippen LogP contribution in [0.5, 0.6) is 5.75 Å². The first-order valence-corrected chi connectivity index (χ1v) is 11.1. The molecule has 2 aromatic rings. The summed E-state index contributed by atoms with van der Waals surface area (Å²) in [6.45, 7) is 4.55. The lowest BCUT2D eigenvalue weighted by Crippen LogP contribution is -2.18. The molecule has 6 nitrogen and oxygen atoms in total. The summed E-state index contributed by atoms with van der Waals surface area (Å²) in [7, 11) is 1.64. The van der Waals surface area contributed by atoms with E-state index in [-0.39, 0.29) is 6.10 Å². The smallest absolute Gasteiger partial charge is 0.411 e. The van der Waals surface area contributed by atoms with Crippen LogP contribution in [-0.2, 0) is 9.47 Å². The quantitative estimate of drug-likeness (QED) is 0.545. The summed E-state index contributed by atoms with van der Waals surface area (Å²) in [5.74, 6) is 1.27. The van der Waals surface area contributed by atoms with Crippen LogP contribution in [0, 0.1) is 0 Å². The minimum atomic E-state index is -0.479. The lowest BCUT2D eigenvalue weighted by Gasteiger charge is -2.18. The van der Waals surface area contributed by atoms with Crippen LogP contribution in [0.3, 0.4) is 0 Å². The van der Waals surface area contributed by atoms with Crippen LogP contribution in [0.25, 0.3) is 10.4 Å². The molecule has 0 radical (unpaired) electrons. The number of rotatable bonds is 8. The first-order valence-electron chi connectivity index (χ1n) is 10.3. The second-order valence-electron chi connectivity index (χ2n) is 7.53. The molecule has 1 aromatic carbocycles. The van der Waals surface area contributed by atoms with Gasteiger partial charge in [0.15, 0.2) is 0 Å². The maximum Gasteiger partial charge on any atom is 0.411 e. The molecule has 1 aliphatic rings. The Balaban J connectivity index is 1.80. The van der Waals surface area contributed by atoms with E-state index < -0.39 is 6.09 Å². The van der Waals surface area contributed by atoms with Gasteiger partial charge in [-0.05, 0) is 38.8 Å². The summed E-state index contributed by atoms with van der Waals surface area (Å²) in [6, 6.07) is 5.65. The minimum Gasteiger partial charge on any atom is -0.490 e. The summed E-state index contributed by atoms with van der Waals surface area (Å²) in [4.78, 5) is 17.7. The largest absolute Gasteiger partial charge is 0.490 e. The molecule has 0 spiro atoms. The van der Waals surface area contributed by atoms with Crippen molar-refractivity contribution in [2.24, 2.45) is 0 Å². The van der Waals surface area contributed by atoms with Gasteiger partial charge in [0.05, 0.1) is 22.6 Å². The molecule has 0 atom stereocenters. The van der Waals surface area contributed by atoms with Crippen molar-refractivity contribution in [3.05, 3.63) is 29.4 Å². The molecule has 1 N–H and O–H groups in total. The number of ether oxygens (including phenoxy) is 3. The SMILES string of the molecule is COCCOc1cc(NC(=O)OC(C)C)ccc1-c1cnc(C2CCCCC2)s1. The molecule has 158 valence electrons. The zero-order chi connectivity index (χ0) is 20.6. The van der Waals surface area contributed by atoms with Crippen molar-refractivity contribution in [2.75, 3.05) is 25.6 Å². The number of amides is 1. The van der Waals surface area contributed by atoms with E-state index in [0.29, 0.717) is 30.6 Å². The van der Waals surface area contributed by atoms with Crippen LogP contribution >= 0.6 is 11.3 Å². The maximum atomic E-state index is 11.9. The number of nitrogens with zero attached hydrogens (tertiary/aromatic N) is 1. The van der Waals surface area contributed by atoms with Gasteiger partial charge in [-0.25, -0.2) is 9.78 Å². The first-order chi connectivity index (χ1) is 14.1. The number of aromatic nitrogens is 1. The van der Waals surface area contributed by atoms with Crippen LogP contribution in [0.15, 0.2) is 24.4 Å². The van der Waals surface area contributed by atoms with E-state index in [1.165, 1.54) is 37.1 Å². The molecule has 29 heavy (non-hydrogen) atoms. The second kappa shape index (κ2) is 10.6. The summed E-state index contributed by atoms with van der Waals surface area (Å²) < 4.78 is 16.2. The predicted octanol–water partition coefficient (Wildman–Crippen LogP) is 5.84. The number of hydrogen-bond acceptors (Lipinski definition) is 6. The molecular weight excluding hydrogens is 388 g/mol. The number of benzene rings is 1. The first kappa shape index (κ1) is 21.6. The monoisotopic (exact) mass is 418 g/mol. The van der Waals surface area contributed by atoms with E-state index >= 15 is 0 Å². The third-order valence-corrected chi connectivity index (χ3v) is 6.05. The van der Waals surface area contributed by atoms with Crippen molar-refractivity contribution in [2.45, 2.75) is 58.0 Å². The van der Waals surface area contributed by atoms with Gasteiger partial charge in [-0.2, -0.15) is 0 Å². The van der Waals surface area contributed by atoms with E-state index in [1.54, 1.807) is 18.4 Å². The summed E-state index contributed by atoms with van der Waals surface area (Å²) in [5.41, 5.74) is 1.60. The van der Waals surface area contributed by atoms with Gasteiger partial charge in [0.25, 0.3) is 0 Å². The lowest BCUT2D eigenvalue weighted by atomic mass is 9.90. The number of nitrogens with one attached hydrogen (secondary N) is 1. The highest BCUT2D eigenvalue weighted by atomic mass is 32.1. The lowest BCUT2D eigenvalue weighted by molar-refractivity contribution is 0.130. The number of thiazole rings is 1. The Kier molecular flexibility index (Phi) is 7.89. The average molecular weight is 419 g/mol. The predicted molar refractivity (Wildman–Crippen MR) is 116 cm³/mol. The van der Waals surface area contributed by atoms with Gasteiger partial charge in [0.1, 0.15) is 12.4 Å². The van der Waals surface area contributed by atoms with Crippen molar-refractivity contribution >= 4 is 23.1 Å². The molecule has 1 saturated carbocycles. The fraction of sp³-hybridized carbons (Fsp3) is 0.545. The van der Waals surface area contributed by atoms with Crippen LogP contribution < -0.4 is 10.1 Å². The van der Waals surface area contributed by atoms with Crippen molar-refractivity contribution in [3.8, 4) is 16.2 Å². The Morgan fingerprint density at radius 3 is 2.76 bits per heavy atom. The molecule has 7 heteroatoms. The van der Waals surface area contributed by atoms with Crippen molar-refractivity contribution in [1.29, 1.82) is 0 Å². The Bertz CT molecular complexity index is 800. The van der Waals surface area contributed by atoms with Crippen molar-refractivity contribution in [1.82, 2.24) is 4.98 Å². The Labute approximate surface area is 176 Å². The minimum absolute atomic E-state index is 0.179. The molecular formula is C22H30N2O4S. The zero-order valence-electron chi connectivity index (χ0n) is 17.4. The fourth-order valence-corrected chi connectivity index (χ4v) is 4.59. The molecule has 1 heterocycles. The van der Waals surface area contributed by atoms with Gasteiger partial charge in [0.2, 0.25) is 0 Å². The Morgan fingerprint density at radius 2 is 2.03 bits per heavy atom. The molecule has 0 aliphatic heterocycles. The number of anilines is 1. The number of carbonyl (C=O) groups is 1. The molecule has 0 bridgehead atoms. The highest BCUT2D eigenvalue weighted by Crippen LogP contribution is 2.40. The Morgan fingerprint density at radius 1 is 1.24 bits per heavy atom. The van der Waals surface area contributed by atoms with E-state index in [1.807, 2.05) is 38.2 Å². The van der Waals surface area contributed by atoms with Gasteiger partial charge in [-0.1, -0.05) is 19.3 Å². The van der Waals surface area contributed by atoms with Crippen LogP contribution in [-0.4, -0.2) is 37.5 Å². The maximum absolute atomic E-state index is 11.9. The number of hydrogen-bond donors (Lipinski definition) is 1. The van der Waals surface area contributed by atoms with E-state index in [4.69, 9.17) is 19.2 Å². The zero-order valence-corrected chi connectivity index (χ0v) is 18.2. The van der Waals surface area contributed by atoms with Gasteiger partial charge in [-0.3, -0.25) is 5.32 Å². The average Bonchev–Trinajstić information content (AvgIpc) is 3.18. The number of carbonyl (C=O) groups excluding carboxylic acids is 1. The van der Waals surface area contributed by atoms with Crippen LogP contribution in [0.4, 0.5) is 10.5 Å². The van der Waals surface area contributed by atoms with Gasteiger partial charge < -0.3 is 14.2 Å². The molecule has 0 saturated heterocycles. The third kappa shape index (κ3) is 6.18. The summed E-state index contributed by atoms with van der Waals surface area (Å²) in [6.07, 6.45) is 7.65. The molecule has 1 aromatic heterocycles. The second-order valence-corrected chi connectivity index (χ2v) is 8.59. The van der Waals surface area contributed by atoms with E-state index in [0.717, 1.165) is 10.4 Å². The normalized spacial score (nSPS) is 14.8. The molecule has 1 fully saturated rings. The fourth-order valence-electron chi connectivity index (χ4n) is 3.47. The highest BCUT2D eigenvalue weighted by molar-refractivity contribution is 7.15. The van der Waals surface area contributed by atoms with Gasteiger partial charge >= 0.3 is 6.09 Å². The third-order valence-electron chi connectivity index (χ3n) is 4.86. The summed E-state index contributed by atoms with van der Waals surface area (Å²) in [5, 5.41) is 3.97. The molecule has 1 aliphatic carbocycles. The van der Waals surface area contributed by atoms with E-state index in [9.17, 15) is 4.79 Å². The van der Waals surface area contributed by atoms with Crippen molar-refractivity contribution < 1.29 is 19.0 Å². The van der Waals surface area contributed by atoms with E-state index in [2.05, 4.69) is 5.32 Å².